The number of nitrogens with zero attached hydrogens (tertiary/aromatic N) is 3. The fourth-order valence-corrected chi connectivity index (χ4v) is 2.17. The molecule has 6 heteroatoms. The Hall–Kier alpha value is -1.40. The van der Waals surface area contributed by atoms with Gasteiger partial charge in [-0.2, -0.15) is 0 Å². The number of hydrogen-bond acceptors (Lipinski definition) is 4. The summed E-state index contributed by atoms with van der Waals surface area (Å²) in [4.78, 5) is 17.8. The largest absolute Gasteiger partial charge is 0.379 e. The van der Waals surface area contributed by atoms with Crippen molar-refractivity contribution < 1.29 is 14.3 Å². The van der Waals surface area contributed by atoms with Gasteiger partial charge in [-0.05, 0) is 19.8 Å². The second kappa shape index (κ2) is 7.25. The second-order valence-corrected chi connectivity index (χ2v) is 4.51. The van der Waals surface area contributed by atoms with Gasteiger partial charge in [0.15, 0.2) is 0 Å². The minimum absolute atomic E-state index is 0.00901. The highest BCUT2D eigenvalue weighted by Crippen LogP contribution is 2.14. The Bertz CT molecular complexity index is 372. The molecule has 1 saturated heterocycles. The SMILES string of the molecule is CCOCCOC1CCN(C(=O)n2ccnc2)CC1. The summed E-state index contributed by atoms with van der Waals surface area (Å²) in [5, 5.41) is 0. The Labute approximate surface area is 113 Å². The summed E-state index contributed by atoms with van der Waals surface area (Å²) >= 11 is 0. The van der Waals surface area contributed by atoms with Crippen molar-refractivity contribution in [3.05, 3.63) is 18.7 Å². The van der Waals surface area contributed by atoms with Crippen LogP contribution < -0.4 is 0 Å². The van der Waals surface area contributed by atoms with Gasteiger partial charge < -0.3 is 14.4 Å². The van der Waals surface area contributed by atoms with Crippen molar-refractivity contribution in [2.45, 2.75) is 25.9 Å². The minimum atomic E-state index is -0.00901. The molecule has 0 atom stereocenters. The maximum absolute atomic E-state index is 12.1. The summed E-state index contributed by atoms with van der Waals surface area (Å²) in [7, 11) is 0. The highest BCUT2D eigenvalue weighted by Gasteiger charge is 2.23. The van der Waals surface area contributed by atoms with E-state index in [1.54, 1.807) is 12.4 Å². The number of carbonyl (C=O) groups excluding carboxylic acids is 1. The average Bonchev–Trinajstić information content (AvgIpc) is 2.98. The highest BCUT2D eigenvalue weighted by atomic mass is 16.5. The smallest absolute Gasteiger partial charge is 0.329 e. The van der Waals surface area contributed by atoms with E-state index >= 15 is 0 Å². The van der Waals surface area contributed by atoms with E-state index in [1.165, 1.54) is 10.9 Å². The molecule has 1 aromatic heterocycles. The lowest BCUT2D eigenvalue weighted by Gasteiger charge is -2.31. The standard InChI is InChI=1S/C13H21N3O3/c1-2-18-9-10-19-12-3-6-15(7-4-12)13(17)16-8-5-14-11-16/h5,8,11-12H,2-4,6-7,9-10H2,1H3. The minimum Gasteiger partial charge on any atom is -0.379 e. The molecule has 6 nitrogen and oxygen atoms in total. The quantitative estimate of drug-likeness (QED) is 0.756. The Balaban J connectivity index is 1.69. The van der Waals surface area contributed by atoms with Crippen LogP contribution in [0.4, 0.5) is 4.79 Å². The summed E-state index contributed by atoms with van der Waals surface area (Å²) in [6.07, 6.45) is 6.83. The highest BCUT2D eigenvalue weighted by molar-refractivity contribution is 5.76. The maximum Gasteiger partial charge on any atom is 0.329 e. The molecule has 0 radical (unpaired) electrons. The molecule has 0 saturated carbocycles. The molecule has 2 rings (SSSR count). The van der Waals surface area contributed by atoms with Crippen LogP contribution in [0.1, 0.15) is 19.8 Å². The Kier molecular flexibility index (Phi) is 5.35. The number of rotatable bonds is 5. The molecule has 106 valence electrons. The van der Waals surface area contributed by atoms with Gasteiger partial charge in [-0.3, -0.25) is 4.57 Å². The van der Waals surface area contributed by atoms with Gasteiger partial charge in [-0.15, -0.1) is 0 Å². The van der Waals surface area contributed by atoms with Crippen LogP contribution in [0.5, 0.6) is 0 Å². The van der Waals surface area contributed by atoms with Crippen molar-refractivity contribution in [3.8, 4) is 0 Å². The first-order chi connectivity index (χ1) is 9.31. The van der Waals surface area contributed by atoms with Crippen LogP contribution >= 0.6 is 0 Å². The van der Waals surface area contributed by atoms with E-state index in [0.717, 1.165) is 32.5 Å². The van der Waals surface area contributed by atoms with E-state index in [0.29, 0.717) is 13.2 Å². The molecule has 0 aromatic carbocycles. The first-order valence-electron chi connectivity index (χ1n) is 6.78. The third-order valence-electron chi connectivity index (χ3n) is 3.22. The topological polar surface area (TPSA) is 56.6 Å². The number of hydrogen-bond donors (Lipinski definition) is 0. The van der Waals surface area contributed by atoms with E-state index in [4.69, 9.17) is 9.47 Å². The van der Waals surface area contributed by atoms with Gasteiger partial charge in [0.05, 0.1) is 19.3 Å². The molecule has 1 aromatic rings. The fraction of sp³-hybridized carbons (Fsp3) is 0.692. The second-order valence-electron chi connectivity index (χ2n) is 4.51. The summed E-state index contributed by atoms with van der Waals surface area (Å²) in [5.74, 6) is 0. The number of piperidine rings is 1. The normalized spacial score (nSPS) is 16.8. The lowest BCUT2D eigenvalue weighted by Crippen LogP contribution is -2.42. The number of imidazole rings is 1. The van der Waals surface area contributed by atoms with Gasteiger partial charge in [0.2, 0.25) is 0 Å². The van der Waals surface area contributed by atoms with Crippen molar-refractivity contribution in [1.29, 1.82) is 0 Å². The predicted octanol–water partition coefficient (Wildman–Crippen LogP) is 1.37. The Morgan fingerprint density at radius 1 is 1.37 bits per heavy atom. The van der Waals surface area contributed by atoms with Gasteiger partial charge in [-0.1, -0.05) is 0 Å². The summed E-state index contributed by atoms with van der Waals surface area (Å²) in [6, 6.07) is -0.00901. The molecule has 1 aliphatic heterocycles. The predicted molar refractivity (Wildman–Crippen MR) is 70.1 cm³/mol. The number of aromatic nitrogens is 2. The lowest BCUT2D eigenvalue weighted by molar-refractivity contribution is -0.0157. The summed E-state index contributed by atoms with van der Waals surface area (Å²) in [5.41, 5.74) is 0. The number of likely N-dealkylation sites (tertiary alicyclic amines) is 1. The maximum atomic E-state index is 12.1. The van der Waals surface area contributed by atoms with Crippen LogP contribution in [0.25, 0.3) is 0 Å². The molecule has 0 aliphatic carbocycles. The van der Waals surface area contributed by atoms with E-state index in [2.05, 4.69) is 4.98 Å². The third-order valence-corrected chi connectivity index (χ3v) is 3.22. The van der Waals surface area contributed by atoms with Crippen LogP contribution in [0, 0.1) is 0 Å². The van der Waals surface area contributed by atoms with Crippen LogP contribution in [0.3, 0.4) is 0 Å². The van der Waals surface area contributed by atoms with Crippen LogP contribution in [0.15, 0.2) is 18.7 Å². The summed E-state index contributed by atoms with van der Waals surface area (Å²) in [6.45, 7) is 5.44. The Morgan fingerprint density at radius 2 is 2.16 bits per heavy atom. The van der Waals surface area contributed by atoms with E-state index < -0.39 is 0 Å². The molecule has 0 unspecified atom stereocenters. The molecular formula is C13H21N3O3. The van der Waals surface area contributed by atoms with Gasteiger partial charge in [0.25, 0.3) is 0 Å². The van der Waals surface area contributed by atoms with Gasteiger partial charge >= 0.3 is 6.03 Å². The number of ether oxygens (including phenoxy) is 2. The first kappa shape index (κ1) is 14.0. The first-order valence-corrected chi connectivity index (χ1v) is 6.78. The molecule has 1 amide bonds. The Morgan fingerprint density at radius 3 is 2.79 bits per heavy atom. The molecule has 1 fully saturated rings. The summed E-state index contributed by atoms with van der Waals surface area (Å²) < 4.78 is 12.5. The van der Waals surface area contributed by atoms with Crippen molar-refractivity contribution >= 4 is 6.03 Å². The molecule has 19 heavy (non-hydrogen) atoms. The average molecular weight is 267 g/mol. The van der Waals surface area contributed by atoms with Crippen molar-refractivity contribution in [2.75, 3.05) is 32.9 Å². The molecule has 1 aliphatic rings. The molecular weight excluding hydrogens is 246 g/mol. The van der Waals surface area contributed by atoms with Crippen LogP contribution in [-0.2, 0) is 9.47 Å². The van der Waals surface area contributed by atoms with E-state index in [-0.39, 0.29) is 12.1 Å². The zero-order valence-corrected chi connectivity index (χ0v) is 11.3. The van der Waals surface area contributed by atoms with Crippen LogP contribution in [-0.4, -0.2) is 59.5 Å². The van der Waals surface area contributed by atoms with Crippen molar-refractivity contribution in [2.24, 2.45) is 0 Å². The third kappa shape index (κ3) is 4.04. The van der Waals surface area contributed by atoms with Gasteiger partial charge in [-0.25, -0.2) is 9.78 Å². The van der Waals surface area contributed by atoms with Crippen molar-refractivity contribution in [3.63, 3.8) is 0 Å². The molecule has 0 N–H and O–H groups in total. The van der Waals surface area contributed by atoms with Gasteiger partial charge in [0, 0.05) is 32.1 Å². The molecule has 0 spiro atoms. The molecule has 2 heterocycles. The lowest BCUT2D eigenvalue weighted by atomic mass is 10.1. The van der Waals surface area contributed by atoms with Gasteiger partial charge in [0.1, 0.15) is 6.33 Å². The van der Waals surface area contributed by atoms with E-state index in [9.17, 15) is 4.79 Å². The monoisotopic (exact) mass is 267 g/mol. The molecule has 0 bridgehead atoms. The van der Waals surface area contributed by atoms with Crippen LogP contribution in [0.2, 0.25) is 0 Å². The van der Waals surface area contributed by atoms with E-state index in [1.807, 2.05) is 11.8 Å². The number of carbonyl (C=O) groups is 1. The fourth-order valence-electron chi connectivity index (χ4n) is 2.17. The zero-order chi connectivity index (χ0) is 13.5. The number of amides is 1. The zero-order valence-electron chi connectivity index (χ0n) is 11.3. The van der Waals surface area contributed by atoms with Crippen molar-refractivity contribution in [1.82, 2.24) is 14.5 Å².